The summed E-state index contributed by atoms with van der Waals surface area (Å²) in [4.78, 5) is 26.3. The zero-order valence-electron chi connectivity index (χ0n) is 15.4. The Kier molecular flexibility index (Phi) is 10.1. The summed E-state index contributed by atoms with van der Waals surface area (Å²) < 4.78 is 5.43. The molecule has 1 heterocycles. The molecule has 1 saturated heterocycles. The quantitative estimate of drug-likeness (QED) is 0.718. The van der Waals surface area contributed by atoms with Crippen LogP contribution in [0.5, 0.6) is 5.75 Å². The third-order valence-corrected chi connectivity index (χ3v) is 4.44. The molecule has 1 aliphatic rings. The fourth-order valence-electron chi connectivity index (χ4n) is 3.14. The lowest BCUT2D eigenvalue weighted by atomic mass is 10.0. The third-order valence-electron chi connectivity index (χ3n) is 4.44. The number of nitrogens with zero attached hydrogens (tertiary/aromatic N) is 1. The second kappa shape index (κ2) is 11.8. The van der Waals surface area contributed by atoms with Gasteiger partial charge in [0.25, 0.3) is 0 Å². The Bertz CT molecular complexity index is 566. The predicted molar refractivity (Wildman–Crippen MR) is 105 cm³/mol. The van der Waals surface area contributed by atoms with E-state index >= 15 is 0 Å². The highest BCUT2D eigenvalue weighted by Gasteiger charge is 2.26. The Hall–Kier alpha value is -1.79. The van der Waals surface area contributed by atoms with Gasteiger partial charge in [0, 0.05) is 32.1 Å². The third kappa shape index (κ3) is 6.84. The average molecular weight is 384 g/mol. The van der Waals surface area contributed by atoms with Gasteiger partial charge in [0.05, 0.1) is 13.0 Å². The molecule has 6 nitrogen and oxygen atoms in total. The maximum Gasteiger partial charge on any atom is 0.227 e. The topological polar surface area (TPSA) is 84.7 Å². The van der Waals surface area contributed by atoms with Gasteiger partial charge in [0.15, 0.2) is 0 Å². The standard InChI is InChI=1S/C19H29N3O3.ClH/c1-2-25-17-8-6-15(7-9-17)13-19(24)22-12-4-3-5-16(22)14-21-18(23)10-11-20;/h6-9,16H,2-5,10-14,20H2,1H3,(H,21,23);1H. The van der Waals surface area contributed by atoms with Crippen LogP contribution in [-0.4, -0.2) is 49.0 Å². The van der Waals surface area contributed by atoms with Crippen LogP contribution in [0.15, 0.2) is 24.3 Å². The molecule has 0 spiro atoms. The number of halogens is 1. The van der Waals surface area contributed by atoms with Crippen LogP contribution < -0.4 is 15.8 Å². The van der Waals surface area contributed by atoms with Crippen molar-refractivity contribution in [1.82, 2.24) is 10.2 Å². The van der Waals surface area contributed by atoms with Gasteiger partial charge in [-0.1, -0.05) is 12.1 Å². The second-order valence-electron chi connectivity index (χ2n) is 6.33. The molecular weight excluding hydrogens is 354 g/mol. The first kappa shape index (κ1) is 22.3. The van der Waals surface area contributed by atoms with Crippen molar-refractivity contribution in [3.8, 4) is 5.75 Å². The molecule has 1 fully saturated rings. The largest absolute Gasteiger partial charge is 0.494 e. The number of carbonyl (C=O) groups excluding carboxylic acids is 2. The van der Waals surface area contributed by atoms with E-state index in [0.29, 0.717) is 32.5 Å². The molecule has 0 saturated carbocycles. The molecule has 1 atom stereocenters. The van der Waals surface area contributed by atoms with Gasteiger partial charge >= 0.3 is 0 Å². The van der Waals surface area contributed by atoms with E-state index in [1.165, 1.54) is 0 Å². The molecule has 1 aromatic rings. The van der Waals surface area contributed by atoms with Crippen LogP contribution in [0.3, 0.4) is 0 Å². The number of rotatable bonds is 8. The molecule has 1 unspecified atom stereocenters. The average Bonchev–Trinajstić information content (AvgIpc) is 2.62. The van der Waals surface area contributed by atoms with E-state index in [-0.39, 0.29) is 30.3 Å². The first-order chi connectivity index (χ1) is 12.1. The van der Waals surface area contributed by atoms with Crippen LogP contribution in [0.1, 0.15) is 38.2 Å². The molecule has 26 heavy (non-hydrogen) atoms. The summed E-state index contributed by atoms with van der Waals surface area (Å²) in [5.41, 5.74) is 6.37. The number of likely N-dealkylation sites (tertiary alicyclic amines) is 1. The highest BCUT2D eigenvalue weighted by molar-refractivity contribution is 5.85. The number of amides is 2. The number of ether oxygens (including phenoxy) is 1. The second-order valence-corrected chi connectivity index (χ2v) is 6.33. The molecular formula is C19H30ClN3O3. The molecule has 0 radical (unpaired) electrons. The zero-order valence-corrected chi connectivity index (χ0v) is 16.2. The molecule has 1 aliphatic heterocycles. The van der Waals surface area contributed by atoms with Crippen LogP contribution in [0.25, 0.3) is 0 Å². The summed E-state index contributed by atoms with van der Waals surface area (Å²) in [6, 6.07) is 7.74. The van der Waals surface area contributed by atoms with Gasteiger partial charge in [-0.25, -0.2) is 0 Å². The van der Waals surface area contributed by atoms with Crippen molar-refractivity contribution in [3.63, 3.8) is 0 Å². The number of carbonyl (C=O) groups is 2. The van der Waals surface area contributed by atoms with E-state index in [1.807, 2.05) is 36.1 Å². The maximum absolute atomic E-state index is 12.7. The van der Waals surface area contributed by atoms with Crippen molar-refractivity contribution < 1.29 is 14.3 Å². The number of nitrogens with two attached hydrogens (primary N) is 1. The van der Waals surface area contributed by atoms with Crippen LogP contribution in [0.4, 0.5) is 0 Å². The van der Waals surface area contributed by atoms with Crippen LogP contribution in [-0.2, 0) is 16.0 Å². The summed E-state index contributed by atoms with van der Waals surface area (Å²) in [6.45, 7) is 4.18. The van der Waals surface area contributed by atoms with E-state index in [9.17, 15) is 9.59 Å². The summed E-state index contributed by atoms with van der Waals surface area (Å²) in [6.07, 6.45) is 3.73. The first-order valence-corrected chi connectivity index (χ1v) is 9.12. The van der Waals surface area contributed by atoms with Crippen LogP contribution >= 0.6 is 12.4 Å². The minimum absolute atomic E-state index is 0. The Morgan fingerprint density at radius 1 is 1.27 bits per heavy atom. The summed E-state index contributed by atoms with van der Waals surface area (Å²) >= 11 is 0. The monoisotopic (exact) mass is 383 g/mol. The van der Waals surface area contributed by atoms with Gasteiger partial charge in [-0.3, -0.25) is 9.59 Å². The Morgan fingerprint density at radius 3 is 2.65 bits per heavy atom. The van der Waals surface area contributed by atoms with Crippen molar-refractivity contribution in [3.05, 3.63) is 29.8 Å². The number of benzene rings is 1. The van der Waals surface area contributed by atoms with E-state index in [1.54, 1.807) is 0 Å². The van der Waals surface area contributed by atoms with E-state index in [0.717, 1.165) is 37.1 Å². The van der Waals surface area contributed by atoms with Gasteiger partial charge in [-0.15, -0.1) is 12.4 Å². The molecule has 0 aliphatic carbocycles. The zero-order chi connectivity index (χ0) is 18.1. The minimum Gasteiger partial charge on any atom is -0.494 e. The Labute approximate surface area is 161 Å². The number of piperidine rings is 1. The van der Waals surface area contributed by atoms with Gasteiger partial charge in [0.1, 0.15) is 5.75 Å². The highest BCUT2D eigenvalue weighted by atomic mass is 35.5. The van der Waals surface area contributed by atoms with Crippen molar-refractivity contribution in [1.29, 1.82) is 0 Å². The fourth-order valence-corrected chi connectivity index (χ4v) is 3.14. The highest BCUT2D eigenvalue weighted by Crippen LogP contribution is 2.19. The smallest absolute Gasteiger partial charge is 0.227 e. The Balaban J connectivity index is 0.00000338. The van der Waals surface area contributed by atoms with E-state index in [2.05, 4.69) is 5.32 Å². The molecule has 0 bridgehead atoms. The molecule has 2 rings (SSSR count). The summed E-state index contributed by atoms with van der Waals surface area (Å²) in [5.74, 6) is 0.881. The van der Waals surface area contributed by atoms with E-state index < -0.39 is 0 Å². The molecule has 0 aromatic heterocycles. The van der Waals surface area contributed by atoms with Gasteiger partial charge in [-0.2, -0.15) is 0 Å². The lowest BCUT2D eigenvalue weighted by Gasteiger charge is -2.36. The molecule has 3 N–H and O–H groups in total. The van der Waals surface area contributed by atoms with Crippen molar-refractivity contribution in [2.45, 2.75) is 45.1 Å². The predicted octanol–water partition coefficient (Wildman–Crippen LogP) is 1.90. The summed E-state index contributed by atoms with van der Waals surface area (Å²) in [5, 5.41) is 2.89. The lowest BCUT2D eigenvalue weighted by Crippen LogP contribution is -2.50. The number of hydrogen-bond donors (Lipinski definition) is 2. The first-order valence-electron chi connectivity index (χ1n) is 9.12. The minimum atomic E-state index is -0.0491. The molecule has 146 valence electrons. The normalized spacial score (nSPS) is 16.5. The lowest BCUT2D eigenvalue weighted by molar-refractivity contribution is -0.134. The van der Waals surface area contributed by atoms with Crippen molar-refractivity contribution >= 4 is 24.2 Å². The molecule has 1 aromatic carbocycles. The number of hydrogen-bond acceptors (Lipinski definition) is 4. The number of nitrogens with one attached hydrogen (secondary N) is 1. The van der Waals surface area contributed by atoms with Gasteiger partial charge in [0.2, 0.25) is 11.8 Å². The van der Waals surface area contributed by atoms with Gasteiger partial charge < -0.3 is 20.7 Å². The van der Waals surface area contributed by atoms with Crippen molar-refractivity contribution in [2.75, 3.05) is 26.2 Å². The summed E-state index contributed by atoms with van der Waals surface area (Å²) in [7, 11) is 0. The SMILES string of the molecule is CCOc1ccc(CC(=O)N2CCCCC2CNC(=O)CCN)cc1.Cl. The maximum atomic E-state index is 12.7. The molecule has 2 amide bonds. The van der Waals surface area contributed by atoms with Crippen molar-refractivity contribution in [2.24, 2.45) is 5.73 Å². The fraction of sp³-hybridized carbons (Fsp3) is 0.579. The molecule has 7 heteroatoms. The van der Waals surface area contributed by atoms with Crippen LogP contribution in [0.2, 0.25) is 0 Å². The van der Waals surface area contributed by atoms with Crippen LogP contribution in [0, 0.1) is 0 Å². The Morgan fingerprint density at radius 2 is 2.00 bits per heavy atom. The van der Waals surface area contributed by atoms with E-state index in [4.69, 9.17) is 10.5 Å². The van der Waals surface area contributed by atoms with Gasteiger partial charge in [-0.05, 0) is 43.9 Å².